The maximum atomic E-state index is 10.1. The van der Waals surface area contributed by atoms with Crippen molar-refractivity contribution < 1.29 is 14.6 Å². The molecule has 0 spiro atoms. The predicted molar refractivity (Wildman–Crippen MR) is 136 cm³/mol. The second-order valence-corrected chi connectivity index (χ2v) is 9.03. The Morgan fingerprint density at radius 3 is 2.26 bits per heavy atom. The number of phenols is 1. The van der Waals surface area contributed by atoms with Gasteiger partial charge in [0.2, 0.25) is 11.7 Å². The number of hydrogen-bond acceptors (Lipinski definition) is 8. The molecule has 0 saturated heterocycles. The summed E-state index contributed by atoms with van der Waals surface area (Å²) in [7, 11) is 7.13. The molecule has 4 rings (SSSR count). The number of hydrogen-bond donors (Lipinski definition) is 3. The zero-order chi connectivity index (χ0) is 24.1. The Balaban J connectivity index is 1.29. The highest BCUT2D eigenvalue weighted by atomic mass is 16.5. The molecular formula is C26H35N5O3. The summed E-state index contributed by atoms with van der Waals surface area (Å²) < 4.78 is 10.5. The SMILES string of the molecule is COc1cc(CCN[C@H]2CC[C@@H](Nc3nc(N(C)C)c4ccccc4n3)CC2)cc(OC)c1O. The van der Waals surface area contributed by atoms with Gasteiger partial charge in [-0.25, -0.2) is 4.98 Å². The van der Waals surface area contributed by atoms with Gasteiger partial charge in [0.15, 0.2) is 11.5 Å². The van der Waals surface area contributed by atoms with E-state index >= 15 is 0 Å². The topological polar surface area (TPSA) is 91.8 Å². The van der Waals surface area contributed by atoms with E-state index in [2.05, 4.69) is 16.7 Å². The maximum Gasteiger partial charge on any atom is 0.225 e. The van der Waals surface area contributed by atoms with E-state index in [9.17, 15) is 5.11 Å². The number of ether oxygens (including phenoxy) is 2. The minimum Gasteiger partial charge on any atom is -0.502 e. The van der Waals surface area contributed by atoms with Gasteiger partial charge in [-0.15, -0.1) is 0 Å². The Kier molecular flexibility index (Phi) is 7.57. The van der Waals surface area contributed by atoms with Crippen molar-refractivity contribution in [2.75, 3.05) is 45.1 Å². The number of para-hydroxylation sites is 1. The highest BCUT2D eigenvalue weighted by Crippen LogP contribution is 2.37. The molecule has 0 atom stereocenters. The van der Waals surface area contributed by atoms with Crippen LogP contribution in [0.1, 0.15) is 31.2 Å². The molecule has 1 fully saturated rings. The van der Waals surface area contributed by atoms with Crippen molar-refractivity contribution in [2.24, 2.45) is 0 Å². The van der Waals surface area contributed by atoms with E-state index in [0.29, 0.717) is 29.5 Å². The van der Waals surface area contributed by atoms with Crippen molar-refractivity contribution in [1.29, 1.82) is 0 Å². The first-order valence-corrected chi connectivity index (χ1v) is 11.9. The van der Waals surface area contributed by atoms with E-state index < -0.39 is 0 Å². The molecule has 1 saturated carbocycles. The number of benzene rings is 2. The molecule has 1 aromatic heterocycles. The number of rotatable bonds is 9. The fourth-order valence-corrected chi connectivity index (χ4v) is 4.60. The van der Waals surface area contributed by atoms with Gasteiger partial charge in [0.1, 0.15) is 5.82 Å². The first-order chi connectivity index (χ1) is 16.5. The molecule has 182 valence electrons. The monoisotopic (exact) mass is 465 g/mol. The van der Waals surface area contributed by atoms with Crippen LogP contribution in [-0.2, 0) is 6.42 Å². The molecule has 3 N–H and O–H groups in total. The molecule has 1 aliphatic rings. The summed E-state index contributed by atoms with van der Waals surface area (Å²) >= 11 is 0. The number of nitrogens with zero attached hydrogens (tertiary/aromatic N) is 3. The molecule has 3 aromatic rings. The largest absolute Gasteiger partial charge is 0.502 e. The van der Waals surface area contributed by atoms with Gasteiger partial charge >= 0.3 is 0 Å². The van der Waals surface area contributed by atoms with Gasteiger partial charge in [-0.05, 0) is 68.5 Å². The third-order valence-corrected chi connectivity index (χ3v) is 6.45. The van der Waals surface area contributed by atoms with Crippen molar-refractivity contribution in [3.05, 3.63) is 42.0 Å². The lowest BCUT2D eigenvalue weighted by atomic mass is 9.91. The number of phenolic OH excluding ortho intramolecular Hbond substituents is 1. The van der Waals surface area contributed by atoms with Gasteiger partial charge in [-0.2, -0.15) is 4.98 Å². The Morgan fingerprint density at radius 1 is 0.971 bits per heavy atom. The number of nitrogens with one attached hydrogen (secondary N) is 2. The normalized spacial score (nSPS) is 18.0. The molecule has 0 unspecified atom stereocenters. The van der Waals surface area contributed by atoms with Crippen molar-refractivity contribution in [3.63, 3.8) is 0 Å². The summed E-state index contributed by atoms with van der Waals surface area (Å²) in [5.74, 6) is 2.56. The van der Waals surface area contributed by atoms with Crippen LogP contribution in [-0.4, -0.2) is 62.0 Å². The number of fused-ring (bicyclic) bond motifs is 1. The summed E-state index contributed by atoms with van der Waals surface area (Å²) in [6, 6.07) is 12.7. The third kappa shape index (κ3) is 5.44. The Bertz CT molecular complexity index is 1090. The van der Waals surface area contributed by atoms with Crippen molar-refractivity contribution in [2.45, 2.75) is 44.2 Å². The molecule has 1 aliphatic carbocycles. The van der Waals surface area contributed by atoms with Gasteiger partial charge < -0.3 is 30.1 Å². The number of aromatic nitrogens is 2. The molecule has 2 aromatic carbocycles. The van der Waals surface area contributed by atoms with Crippen LogP contribution in [0.4, 0.5) is 11.8 Å². The summed E-state index contributed by atoms with van der Waals surface area (Å²) in [5, 5.41) is 18.4. The molecule has 8 nitrogen and oxygen atoms in total. The van der Waals surface area contributed by atoms with Crippen LogP contribution in [0.2, 0.25) is 0 Å². The van der Waals surface area contributed by atoms with E-state index in [0.717, 1.165) is 60.9 Å². The van der Waals surface area contributed by atoms with Crippen molar-refractivity contribution in [3.8, 4) is 17.2 Å². The van der Waals surface area contributed by atoms with Gasteiger partial charge in [0, 0.05) is 31.6 Å². The van der Waals surface area contributed by atoms with Crippen LogP contribution < -0.4 is 25.0 Å². The van der Waals surface area contributed by atoms with Crippen LogP contribution >= 0.6 is 0 Å². The van der Waals surface area contributed by atoms with Gasteiger partial charge in [0.05, 0.1) is 19.7 Å². The van der Waals surface area contributed by atoms with Crippen LogP contribution in [0.25, 0.3) is 10.9 Å². The maximum absolute atomic E-state index is 10.1. The summed E-state index contributed by atoms with van der Waals surface area (Å²) in [6.45, 7) is 0.861. The van der Waals surface area contributed by atoms with Crippen LogP contribution in [0.3, 0.4) is 0 Å². The average molecular weight is 466 g/mol. The van der Waals surface area contributed by atoms with Gasteiger partial charge in [-0.3, -0.25) is 0 Å². The second-order valence-electron chi connectivity index (χ2n) is 9.03. The Labute approximate surface area is 201 Å². The van der Waals surface area contributed by atoms with Gasteiger partial charge in [-0.1, -0.05) is 12.1 Å². The molecule has 1 heterocycles. The molecule has 0 bridgehead atoms. The Hall–Kier alpha value is -3.26. The molecule has 0 radical (unpaired) electrons. The zero-order valence-corrected chi connectivity index (χ0v) is 20.5. The number of anilines is 2. The molecule has 8 heteroatoms. The van der Waals surface area contributed by atoms with E-state index in [-0.39, 0.29) is 5.75 Å². The van der Waals surface area contributed by atoms with E-state index in [1.54, 1.807) is 14.2 Å². The molecular weight excluding hydrogens is 430 g/mol. The van der Waals surface area contributed by atoms with Crippen molar-refractivity contribution >= 4 is 22.7 Å². The lowest BCUT2D eigenvalue weighted by Crippen LogP contribution is -2.38. The molecule has 0 amide bonds. The minimum absolute atomic E-state index is 0.0422. The minimum atomic E-state index is 0.0422. The predicted octanol–water partition coefficient (Wildman–Crippen LogP) is 3.97. The smallest absolute Gasteiger partial charge is 0.225 e. The lowest BCUT2D eigenvalue weighted by molar-refractivity contribution is 0.338. The number of methoxy groups -OCH3 is 2. The van der Waals surface area contributed by atoms with E-state index in [1.165, 1.54) is 0 Å². The quantitative estimate of drug-likeness (QED) is 0.437. The van der Waals surface area contributed by atoms with E-state index in [1.807, 2.05) is 49.3 Å². The van der Waals surface area contributed by atoms with Crippen LogP contribution in [0.15, 0.2) is 36.4 Å². The van der Waals surface area contributed by atoms with E-state index in [4.69, 9.17) is 19.4 Å². The van der Waals surface area contributed by atoms with Gasteiger partial charge in [0.25, 0.3) is 0 Å². The second kappa shape index (κ2) is 10.8. The first kappa shape index (κ1) is 23.9. The lowest BCUT2D eigenvalue weighted by Gasteiger charge is -2.30. The summed E-state index contributed by atoms with van der Waals surface area (Å²) in [5.41, 5.74) is 2.03. The summed E-state index contributed by atoms with van der Waals surface area (Å²) in [6.07, 6.45) is 5.20. The fraction of sp³-hybridized carbons (Fsp3) is 0.462. The Morgan fingerprint density at radius 2 is 1.62 bits per heavy atom. The third-order valence-electron chi connectivity index (χ3n) is 6.45. The fourth-order valence-electron chi connectivity index (χ4n) is 4.60. The van der Waals surface area contributed by atoms with Crippen LogP contribution in [0.5, 0.6) is 17.2 Å². The van der Waals surface area contributed by atoms with Crippen LogP contribution in [0, 0.1) is 0 Å². The van der Waals surface area contributed by atoms with Crippen molar-refractivity contribution in [1.82, 2.24) is 15.3 Å². The molecule has 0 aliphatic heterocycles. The average Bonchev–Trinajstić information content (AvgIpc) is 2.85. The highest BCUT2D eigenvalue weighted by molar-refractivity contribution is 5.90. The molecule has 34 heavy (non-hydrogen) atoms. The number of aromatic hydroxyl groups is 1. The summed E-state index contributed by atoms with van der Waals surface area (Å²) in [4.78, 5) is 11.6. The zero-order valence-electron chi connectivity index (χ0n) is 20.5. The standard InChI is InChI=1S/C26H35N5O3/c1-31(2)25-20-7-5-6-8-21(20)29-26(30-25)28-19-11-9-18(10-12-19)27-14-13-17-15-22(33-3)24(32)23(16-17)34-4/h5-8,15-16,18-19,27,32H,9-14H2,1-4H3,(H,28,29,30)/t18-,19+. The first-order valence-electron chi connectivity index (χ1n) is 11.9. The highest BCUT2D eigenvalue weighted by Gasteiger charge is 2.22.